The number of aliphatic hydroxyl groups excluding tert-OH is 1. The SMILES string of the molecule is CCCC[C@H](NC(=O)[C@H](Cc1ccccc1)NC(=O)OCc1ccccc1)C(=O)N[C@@H](CC1CCCCC1)[C@@H](O)C[C@H](CC)C(=O)NCC(C)C. The molecular formula is C41H62N4O6. The van der Waals surface area contributed by atoms with Crippen molar-refractivity contribution in [3.05, 3.63) is 71.8 Å². The van der Waals surface area contributed by atoms with Crippen LogP contribution in [-0.2, 0) is 32.1 Å². The second kappa shape index (κ2) is 22.8. The molecule has 10 heteroatoms. The Kier molecular flexibility index (Phi) is 18.6. The number of rotatable bonds is 21. The van der Waals surface area contributed by atoms with Crippen LogP contribution in [-0.4, -0.2) is 59.7 Å². The van der Waals surface area contributed by atoms with Gasteiger partial charge in [-0.05, 0) is 48.6 Å². The fourth-order valence-electron chi connectivity index (χ4n) is 6.66. The molecule has 0 aromatic heterocycles. The summed E-state index contributed by atoms with van der Waals surface area (Å²) in [6, 6.07) is 16.2. The van der Waals surface area contributed by atoms with E-state index < -0.39 is 36.2 Å². The highest BCUT2D eigenvalue weighted by atomic mass is 16.5. The minimum Gasteiger partial charge on any atom is -0.445 e. The zero-order valence-electron chi connectivity index (χ0n) is 31.2. The Labute approximate surface area is 305 Å². The Morgan fingerprint density at radius 1 is 0.804 bits per heavy atom. The molecule has 1 aliphatic rings. The molecule has 3 rings (SSSR count). The fraction of sp³-hybridized carbons (Fsp3) is 0.610. The molecule has 0 heterocycles. The van der Waals surface area contributed by atoms with Crippen LogP contribution in [0.2, 0.25) is 0 Å². The van der Waals surface area contributed by atoms with E-state index in [4.69, 9.17) is 4.74 Å². The van der Waals surface area contributed by atoms with Crippen LogP contribution in [0, 0.1) is 17.8 Å². The van der Waals surface area contributed by atoms with E-state index in [0.717, 1.165) is 43.2 Å². The Morgan fingerprint density at radius 3 is 2.04 bits per heavy atom. The summed E-state index contributed by atoms with van der Waals surface area (Å²) in [5.74, 6) is -0.666. The number of ether oxygens (including phenoxy) is 1. The summed E-state index contributed by atoms with van der Waals surface area (Å²) in [4.78, 5) is 53.8. The standard InChI is InChI=1S/C41H62N4O6/c1-5-7-23-34(43-40(49)36(25-31-19-13-9-14-20-31)45-41(50)51-28-32-21-15-10-16-22-32)39(48)44-35(24-30-17-11-8-12-18-30)37(46)26-33(6-2)38(47)42-27-29(3)4/h9-10,13-16,19-22,29-30,33-37,46H,5-8,11-12,17-18,23-28H2,1-4H3,(H,42,47)(H,43,49)(H,44,48)(H,45,50)/t33-,34-,35-,36-,37-/m0/s1. The molecule has 0 spiro atoms. The average Bonchev–Trinajstić information content (AvgIpc) is 3.14. The van der Waals surface area contributed by atoms with Crippen molar-refractivity contribution in [2.45, 2.75) is 136 Å². The van der Waals surface area contributed by atoms with Crippen molar-refractivity contribution >= 4 is 23.8 Å². The van der Waals surface area contributed by atoms with Gasteiger partial charge in [-0.2, -0.15) is 0 Å². The van der Waals surface area contributed by atoms with Gasteiger partial charge in [0.1, 0.15) is 18.7 Å². The maximum Gasteiger partial charge on any atom is 0.408 e. The molecule has 0 aliphatic heterocycles. The predicted molar refractivity (Wildman–Crippen MR) is 201 cm³/mol. The number of alkyl carbamates (subject to hydrolysis) is 1. The second-order valence-electron chi connectivity index (χ2n) is 14.6. The Balaban J connectivity index is 1.76. The van der Waals surface area contributed by atoms with Crippen molar-refractivity contribution in [2.75, 3.05) is 6.54 Å². The van der Waals surface area contributed by atoms with E-state index in [9.17, 15) is 24.3 Å². The van der Waals surface area contributed by atoms with Gasteiger partial charge in [0.05, 0.1) is 12.1 Å². The highest BCUT2D eigenvalue weighted by Crippen LogP contribution is 2.29. The number of hydrogen-bond acceptors (Lipinski definition) is 6. The maximum absolute atomic E-state index is 14.0. The van der Waals surface area contributed by atoms with Crippen molar-refractivity contribution in [3.8, 4) is 0 Å². The summed E-state index contributed by atoms with van der Waals surface area (Å²) in [5.41, 5.74) is 1.66. The van der Waals surface area contributed by atoms with Gasteiger partial charge in [-0.1, -0.05) is 133 Å². The lowest BCUT2D eigenvalue weighted by Gasteiger charge is -2.33. The number of carbonyl (C=O) groups is 4. The summed E-state index contributed by atoms with van der Waals surface area (Å²) >= 11 is 0. The molecule has 51 heavy (non-hydrogen) atoms. The van der Waals surface area contributed by atoms with Gasteiger partial charge in [0.15, 0.2) is 0 Å². The normalized spacial score (nSPS) is 16.3. The molecule has 0 bridgehead atoms. The highest BCUT2D eigenvalue weighted by Gasteiger charge is 2.33. The van der Waals surface area contributed by atoms with Gasteiger partial charge in [0.25, 0.3) is 0 Å². The van der Waals surface area contributed by atoms with Gasteiger partial charge in [-0.25, -0.2) is 4.79 Å². The molecule has 2 aromatic carbocycles. The van der Waals surface area contributed by atoms with E-state index in [-0.39, 0.29) is 37.2 Å². The number of hydrogen-bond donors (Lipinski definition) is 5. The molecule has 5 N–H and O–H groups in total. The average molecular weight is 707 g/mol. The summed E-state index contributed by atoms with van der Waals surface area (Å²) in [7, 11) is 0. The van der Waals surface area contributed by atoms with Gasteiger partial charge in [-0.15, -0.1) is 0 Å². The molecule has 10 nitrogen and oxygen atoms in total. The van der Waals surface area contributed by atoms with Crippen molar-refractivity contribution < 1.29 is 29.0 Å². The van der Waals surface area contributed by atoms with Crippen molar-refractivity contribution in [3.63, 3.8) is 0 Å². The molecule has 1 fully saturated rings. The van der Waals surface area contributed by atoms with Gasteiger partial charge in [0, 0.05) is 18.9 Å². The highest BCUT2D eigenvalue weighted by molar-refractivity contribution is 5.91. The summed E-state index contributed by atoms with van der Waals surface area (Å²) in [5, 5.41) is 23.4. The van der Waals surface area contributed by atoms with Gasteiger partial charge in [0.2, 0.25) is 17.7 Å². The molecule has 1 aliphatic carbocycles. The number of carbonyl (C=O) groups excluding carboxylic acids is 4. The predicted octanol–water partition coefficient (Wildman–Crippen LogP) is 6.20. The molecule has 4 amide bonds. The van der Waals surface area contributed by atoms with Crippen LogP contribution in [0.5, 0.6) is 0 Å². The number of unbranched alkanes of at least 4 members (excludes halogenated alkanes) is 1. The Hall–Kier alpha value is -3.92. The van der Waals surface area contributed by atoms with Crippen LogP contribution in [0.3, 0.4) is 0 Å². The van der Waals surface area contributed by atoms with Crippen molar-refractivity contribution in [1.29, 1.82) is 0 Å². The Morgan fingerprint density at radius 2 is 1.43 bits per heavy atom. The molecule has 0 radical (unpaired) electrons. The van der Waals surface area contributed by atoms with Crippen LogP contribution < -0.4 is 21.3 Å². The zero-order chi connectivity index (χ0) is 37.0. The van der Waals surface area contributed by atoms with Gasteiger partial charge in [-0.3, -0.25) is 14.4 Å². The molecule has 0 saturated heterocycles. The molecular weight excluding hydrogens is 644 g/mol. The van der Waals surface area contributed by atoms with E-state index in [1.165, 1.54) is 6.42 Å². The topological polar surface area (TPSA) is 146 Å². The van der Waals surface area contributed by atoms with Crippen molar-refractivity contribution in [1.82, 2.24) is 21.3 Å². The molecule has 2 aromatic rings. The number of aliphatic hydroxyl groups is 1. The molecule has 282 valence electrons. The third-order valence-corrected chi connectivity index (χ3v) is 9.76. The fourth-order valence-corrected chi connectivity index (χ4v) is 6.66. The maximum atomic E-state index is 14.0. The lowest BCUT2D eigenvalue weighted by atomic mass is 9.82. The smallest absolute Gasteiger partial charge is 0.408 e. The number of amides is 4. The van der Waals surface area contributed by atoms with E-state index in [0.29, 0.717) is 44.1 Å². The van der Waals surface area contributed by atoms with E-state index in [1.54, 1.807) is 0 Å². The first kappa shape index (κ1) is 41.5. The minimum absolute atomic E-state index is 0.0524. The summed E-state index contributed by atoms with van der Waals surface area (Å²) in [6.07, 6.45) is 7.36. The quantitative estimate of drug-likeness (QED) is 0.105. The third kappa shape index (κ3) is 15.5. The van der Waals surface area contributed by atoms with Crippen molar-refractivity contribution in [2.24, 2.45) is 17.8 Å². The number of benzene rings is 2. The molecule has 0 unspecified atom stereocenters. The Bertz CT molecular complexity index is 1320. The first-order valence-corrected chi connectivity index (χ1v) is 19.2. The second-order valence-corrected chi connectivity index (χ2v) is 14.6. The van der Waals surface area contributed by atoms with E-state index >= 15 is 0 Å². The van der Waals surface area contributed by atoms with Crippen LogP contribution in [0.4, 0.5) is 4.79 Å². The minimum atomic E-state index is -0.995. The number of nitrogens with one attached hydrogen (secondary N) is 4. The molecule has 1 saturated carbocycles. The van der Waals surface area contributed by atoms with Crippen LogP contribution in [0.1, 0.15) is 109 Å². The van der Waals surface area contributed by atoms with Crippen LogP contribution >= 0.6 is 0 Å². The summed E-state index contributed by atoms with van der Waals surface area (Å²) in [6.45, 7) is 8.65. The zero-order valence-corrected chi connectivity index (χ0v) is 31.2. The first-order valence-electron chi connectivity index (χ1n) is 19.2. The summed E-state index contributed by atoms with van der Waals surface area (Å²) < 4.78 is 5.43. The molecule has 5 atom stereocenters. The van der Waals surface area contributed by atoms with E-state index in [2.05, 4.69) is 21.3 Å². The lowest BCUT2D eigenvalue weighted by molar-refractivity contribution is -0.131. The monoisotopic (exact) mass is 706 g/mol. The third-order valence-electron chi connectivity index (χ3n) is 9.76. The van der Waals surface area contributed by atoms with Crippen LogP contribution in [0.25, 0.3) is 0 Å². The van der Waals surface area contributed by atoms with Gasteiger partial charge < -0.3 is 31.1 Å². The first-order chi connectivity index (χ1) is 24.6. The van der Waals surface area contributed by atoms with E-state index in [1.807, 2.05) is 88.4 Å². The lowest BCUT2D eigenvalue weighted by Crippen LogP contribution is -2.57. The van der Waals surface area contributed by atoms with Gasteiger partial charge >= 0.3 is 6.09 Å². The van der Waals surface area contributed by atoms with Crippen LogP contribution in [0.15, 0.2) is 60.7 Å². The largest absolute Gasteiger partial charge is 0.445 e.